The number of hydrogen-bond acceptors (Lipinski definition) is 10. The van der Waals surface area contributed by atoms with Crippen molar-refractivity contribution in [1.82, 2.24) is 5.32 Å². The minimum absolute atomic E-state index is 0.237. The molecule has 1 saturated heterocycles. The van der Waals surface area contributed by atoms with Gasteiger partial charge in [-0.2, -0.15) is 0 Å². The van der Waals surface area contributed by atoms with Gasteiger partial charge in [-0.15, -0.1) is 0 Å². The summed E-state index contributed by atoms with van der Waals surface area (Å²) >= 11 is 0. The average Bonchev–Trinajstić information content (AvgIpc) is 3.21. The molecule has 8 N–H and O–H groups in total. The first kappa shape index (κ1) is 53.1. The molecule has 11 heteroatoms. The lowest BCUT2D eigenvalue weighted by atomic mass is 9.98. The molecule has 1 rings (SSSR count). The normalized spacial score (nSPS) is 22.6. The molecule has 1 aliphatic heterocycles. The Labute approximate surface area is 345 Å². The Morgan fingerprint density at radius 3 is 1.67 bits per heavy atom. The van der Waals surface area contributed by atoms with E-state index in [1.807, 2.05) is 19.1 Å². The Balaban J connectivity index is 2.48. The molecule has 0 aliphatic carbocycles. The lowest BCUT2D eigenvalue weighted by Gasteiger charge is -2.40. The third-order valence-electron chi connectivity index (χ3n) is 10.7. The van der Waals surface area contributed by atoms with Crippen LogP contribution in [0.2, 0.25) is 0 Å². The smallest absolute Gasteiger partial charge is 0.249 e. The highest BCUT2D eigenvalue weighted by Crippen LogP contribution is 2.23. The summed E-state index contributed by atoms with van der Waals surface area (Å²) in [6.07, 6.45) is 30.3. The van der Waals surface area contributed by atoms with Crippen molar-refractivity contribution in [3.05, 3.63) is 48.6 Å². The fraction of sp³-hybridized carbons (Fsp3) is 0.804. The summed E-state index contributed by atoms with van der Waals surface area (Å²) in [5.74, 6) is -0.721. The highest BCUT2D eigenvalue weighted by Gasteiger charge is 2.44. The third kappa shape index (κ3) is 26.0. The number of ether oxygens (including phenoxy) is 2. The van der Waals surface area contributed by atoms with E-state index in [1.54, 1.807) is 0 Å². The molecule has 0 radical (unpaired) electrons. The summed E-state index contributed by atoms with van der Waals surface area (Å²) in [7, 11) is 0. The molecule has 9 atom stereocenters. The van der Waals surface area contributed by atoms with Crippen LogP contribution < -0.4 is 5.32 Å². The van der Waals surface area contributed by atoms with Crippen LogP contribution in [-0.4, -0.2) is 110 Å². The van der Waals surface area contributed by atoms with Crippen LogP contribution in [0, 0.1) is 0 Å². The number of unbranched alkanes of at least 4 members (excludes halogenated alkanes) is 17. The van der Waals surface area contributed by atoms with Crippen molar-refractivity contribution in [2.24, 2.45) is 0 Å². The summed E-state index contributed by atoms with van der Waals surface area (Å²) in [4.78, 5) is 13.1. The van der Waals surface area contributed by atoms with Gasteiger partial charge in [0, 0.05) is 0 Å². The lowest BCUT2D eigenvalue weighted by molar-refractivity contribution is -0.303. The molecular formula is C46H83NO10. The van der Waals surface area contributed by atoms with E-state index in [-0.39, 0.29) is 12.8 Å². The number of nitrogens with one attached hydrogen (secondary N) is 1. The van der Waals surface area contributed by atoms with Gasteiger partial charge in [-0.3, -0.25) is 4.79 Å². The van der Waals surface area contributed by atoms with Gasteiger partial charge < -0.3 is 50.5 Å². The van der Waals surface area contributed by atoms with Crippen molar-refractivity contribution < 1.29 is 50.0 Å². The maximum atomic E-state index is 13.1. The second-order valence-electron chi connectivity index (χ2n) is 15.8. The molecule has 1 aliphatic rings. The fourth-order valence-electron chi connectivity index (χ4n) is 6.88. The zero-order valence-corrected chi connectivity index (χ0v) is 35.6. The topological polar surface area (TPSA) is 189 Å². The van der Waals surface area contributed by atoms with Gasteiger partial charge in [-0.25, -0.2) is 0 Å². The van der Waals surface area contributed by atoms with Crippen LogP contribution in [0.4, 0.5) is 0 Å². The van der Waals surface area contributed by atoms with Gasteiger partial charge in [0.15, 0.2) is 6.29 Å². The molecule has 0 spiro atoms. The van der Waals surface area contributed by atoms with Crippen LogP contribution in [0.25, 0.3) is 0 Å². The van der Waals surface area contributed by atoms with E-state index in [0.717, 1.165) is 64.2 Å². The second-order valence-corrected chi connectivity index (χ2v) is 15.8. The van der Waals surface area contributed by atoms with Gasteiger partial charge in [0.25, 0.3) is 0 Å². The van der Waals surface area contributed by atoms with E-state index >= 15 is 0 Å². The maximum absolute atomic E-state index is 13.1. The van der Waals surface area contributed by atoms with Crippen molar-refractivity contribution in [2.45, 2.75) is 223 Å². The predicted octanol–water partition coefficient (Wildman–Crippen LogP) is 7.00. The summed E-state index contributed by atoms with van der Waals surface area (Å²) < 4.78 is 11.0. The number of aliphatic hydroxyl groups excluding tert-OH is 7. The Hall–Kier alpha value is -1.93. The van der Waals surface area contributed by atoms with Crippen molar-refractivity contribution in [2.75, 3.05) is 13.2 Å². The molecule has 11 nitrogen and oxygen atoms in total. The van der Waals surface area contributed by atoms with Gasteiger partial charge in [-0.05, 0) is 84.0 Å². The summed E-state index contributed by atoms with van der Waals surface area (Å²) in [6.45, 7) is 3.18. The van der Waals surface area contributed by atoms with E-state index < -0.39 is 74.2 Å². The molecule has 1 fully saturated rings. The highest BCUT2D eigenvalue weighted by molar-refractivity contribution is 5.80. The van der Waals surface area contributed by atoms with Gasteiger partial charge in [-0.1, -0.05) is 133 Å². The first-order chi connectivity index (χ1) is 27.7. The van der Waals surface area contributed by atoms with Crippen molar-refractivity contribution >= 4 is 5.91 Å². The van der Waals surface area contributed by atoms with E-state index in [9.17, 15) is 40.5 Å². The number of carbonyl (C=O) groups is 1. The van der Waals surface area contributed by atoms with E-state index in [2.05, 4.69) is 48.7 Å². The molecule has 0 aromatic rings. The number of rotatable bonds is 36. The first-order valence-electron chi connectivity index (χ1n) is 22.5. The first-order valence-corrected chi connectivity index (χ1v) is 22.5. The van der Waals surface area contributed by atoms with Crippen molar-refractivity contribution in [1.29, 1.82) is 0 Å². The SMILES string of the molecule is C/C=C/CC/C=C/CC/C=C/CCCC(O)C(O)C(COC1OC(CO)C(O)C(O)C1O)NC(=O)C(O)CCCCCCCC/C=C\CCCCCCCCCC. The Morgan fingerprint density at radius 2 is 1.12 bits per heavy atom. The predicted molar refractivity (Wildman–Crippen MR) is 228 cm³/mol. The van der Waals surface area contributed by atoms with E-state index in [1.165, 1.54) is 57.8 Å². The Bertz CT molecular complexity index is 1070. The van der Waals surface area contributed by atoms with Crippen molar-refractivity contribution in [3.63, 3.8) is 0 Å². The van der Waals surface area contributed by atoms with Crippen LogP contribution >= 0.6 is 0 Å². The molecule has 1 amide bonds. The fourth-order valence-corrected chi connectivity index (χ4v) is 6.88. The van der Waals surface area contributed by atoms with Crippen LogP contribution in [0.5, 0.6) is 0 Å². The van der Waals surface area contributed by atoms with Crippen LogP contribution in [0.15, 0.2) is 48.6 Å². The molecule has 332 valence electrons. The quantitative estimate of drug-likeness (QED) is 0.0242. The van der Waals surface area contributed by atoms with Crippen LogP contribution in [-0.2, 0) is 14.3 Å². The lowest BCUT2D eigenvalue weighted by Crippen LogP contribution is -2.60. The molecule has 0 bridgehead atoms. The van der Waals surface area contributed by atoms with Gasteiger partial charge in [0.1, 0.15) is 36.6 Å². The molecule has 0 aromatic heterocycles. The van der Waals surface area contributed by atoms with Gasteiger partial charge in [0.2, 0.25) is 5.91 Å². The largest absolute Gasteiger partial charge is 0.394 e. The Morgan fingerprint density at radius 1 is 0.632 bits per heavy atom. The van der Waals surface area contributed by atoms with E-state index in [4.69, 9.17) is 9.47 Å². The zero-order chi connectivity index (χ0) is 41.9. The number of aliphatic hydroxyl groups is 7. The molecule has 1 heterocycles. The molecule has 0 saturated carbocycles. The molecule has 0 aromatic carbocycles. The number of allylic oxidation sites excluding steroid dienone is 8. The van der Waals surface area contributed by atoms with Gasteiger partial charge >= 0.3 is 0 Å². The zero-order valence-electron chi connectivity index (χ0n) is 35.6. The monoisotopic (exact) mass is 810 g/mol. The van der Waals surface area contributed by atoms with Crippen molar-refractivity contribution in [3.8, 4) is 0 Å². The minimum atomic E-state index is -1.67. The van der Waals surface area contributed by atoms with E-state index in [0.29, 0.717) is 19.3 Å². The number of amides is 1. The third-order valence-corrected chi connectivity index (χ3v) is 10.7. The van der Waals surface area contributed by atoms with Gasteiger partial charge in [0.05, 0.1) is 25.4 Å². The average molecular weight is 810 g/mol. The number of carbonyl (C=O) groups excluding carboxylic acids is 1. The summed E-state index contributed by atoms with van der Waals surface area (Å²) in [5, 5.41) is 75.5. The minimum Gasteiger partial charge on any atom is -0.394 e. The highest BCUT2D eigenvalue weighted by atomic mass is 16.7. The summed E-state index contributed by atoms with van der Waals surface area (Å²) in [5.41, 5.74) is 0. The van der Waals surface area contributed by atoms with Crippen LogP contribution in [0.1, 0.15) is 168 Å². The maximum Gasteiger partial charge on any atom is 0.249 e. The second kappa shape index (κ2) is 36.0. The number of hydrogen-bond donors (Lipinski definition) is 8. The molecule has 9 unspecified atom stereocenters. The molecule has 57 heavy (non-hydrogen) atoms. The van der Waals surface area contributed by atoms with Crippen LogP contribution in [0.3, 0.4) is 0 Å². The molecular weight excluding hydrogens is 727 g/mol. The Kier molecular flexibility index (Phi) is 33.5. The summed E-state index contributed by atoms with van der Waals surface area (Å²) in [6, 6.07) is -1.20. The standard InChI is InChI=1S/C46H83NO10/c1-3-5-7-9-11-13-15-17-18-19-20-21-22-24-26-28-30-32-34-39(50)45(55)47-37(36-56-46-44(54)43(53)42(52)40(35-48)57-46)41(51)38(49)33-31-29-27-25-23-16-14-12-10-8-6-4-2/h4,6,12,14,19-20,25,27,37-44,46,48-54H,3,5,7-11,13,15-18,21-24,26,28-36H2,1-2H3,(H,47,55)/b6-4+,14-12+,20-19-,27-25+.